The predicted octanol–water partition coefficient (Wildman–Crippen LogP) is 2.91. The van der Waals surface area contributed by atoms with Crippen LogP contribution in [-0.2, 0) is 14.8 Å². The Kier molecular flexibility index (Phi) is 6.66. The van der Waals surface area contributed by atoms with Gasteiger partial charge in [-0.25, -0.2) is 13.2 Å². The Bertz CT molecular complexity index is 978. The van der Waals surface area contributed by atoms with E-state index in [2.05, 4.69) is 0 Å². The van der Waals surface area contributed by atoms with Crippen molar-refractivity contribution in [3.63, 3.8) is 0 Å². The normalized spacial score (nSPS) is 14.9. The standard InChI is InChI=1S/C21H23NO6S/c1-27-20-8-4-3-7-18(20)19(23)15-28-21(24)16-9-11-17(12-10-16)29(25,26)22-13-5-2-6-14-22/h3-4,7-12H,2,5-6,13-15H2,1H3. The monoisotopic (exact) mass is 417 g/mol. The fourth-order valence-corrected chi connectivity index (χ4v) is 4.70. The summed E-state index contributed by atoms with van der Waals surface area (Å²) in [6.07, 6.45) is 2.73. The summed E-state index contributed by atoms with van der Waals surface area (Å²) in [5.41, 5.74) is 0.501. The predicted molar refractivity (Wildman–Crippen MR) is 107 cm³/mol. The summed E-state index contributed by atoms with van der Waals surface area (Å²) >= 11 is 0. The number of ketones is 1. The molecule has 0 bridgehead atoms. The Hall–Kier alpha value is -2.71. The molecule has 0 amide bonds. The van der Waals surface area contributed by atoms with E-state index >= 15 is 0 Å². The van der Waals surface area contributed by atoms with Gasteiger partial charge >= 0.3 is 5.97 Å². The van der Waals surface area contributed by atoms with Gasteiger partial charge in [-0.1, -0.05) is 18.6 Å². The van der Waals surface area contributed by atoms with Crippen molar-refractivity contribution in [2.45, 2.75) is 24.2 Å². The van der Waals surface area contributed by atoms with Crippen molar-refractivity contribution in [3.8, 4) is 5.75 Å². The molecule has 2 aromatic carbocycles. The molecular weight excluding hydrogens is 394 g/mol. The number of hydrogen-bond donors (Lipinski definition) is 0. The Morgan fingerprint density at radius 2 is 1.62 bits per heavy atom. The molecule has 1 saturated heterocycles. The van der Waals surface area contributed by atoms with E-state index in [0.29, 0.717) is 24.4 Å². The molecule has 2 aromatic rings. The number of carbonyl (C=O) groups excluding carboxylic acids is 2. The van der Waals surface area contributed by atoms with E-state index in [1.807, 2.05) is 0 Å². The van der Waals surface area contributed by atoms with Crippen molar-refractivity contribution in [1.82, 2.24) is 4.31 Å². The molecule has 154 valence electrons. The largest absolute Gasteiger partial charge is 0.496 e. The van der Waals surface area contributed by atoms with Crippen LogP contribution in [0.4, 0.5) is 0 Å². The number of sulfonamides is 1. The zero-order valence-corrected chi connectivity index (χ0v) is 17.0. The minimum atomic E-state index is -3.56. The lowest BCUT2D eigenvalue weighted by Crippen LogP contribution is -2.35. The third-order valence-corrected chi connectivity index (χ3v) is 6.70. The lowest BCUT2D eigenvalue weighted by atomic mass is 10.1. The van der Waals surface area contributed by atoms with E-state index in [4.69, 9.17) is 9.47 Å². The summed E-state index contributed by atoms with van der Waals surface area (Å²) in [6, 6.07) is 12.2. The molecule has 0 atom stereocenters. The van der Waals surface area contributed by atoms with Gasteiger partial charge in [0.05, 0.1) is 23.1 Å². The van der Waals surface area contributed by atoms with Crippen molar-refractivity contribution in [2.24, 2.45) is 0 Å². The molecule has 0 aromatic heterocycles. The van der Waals surface area contributed by atoms with Crippen LogP contribution in [0.1, 0.15) is 40.0 Å². The van der Waals surface area contributed by atoms with Crippen LogP contribution in [0.25, 0.3) is 0 Å². The van der Waals surface area contributed by atoms with Crippen LogP contribution in [0.5, 0.6) is 5.75 Å². The Labute approximate surface area is 170 Å². The number of piperidine rings is 1. The van der Waals surface area contributed by atoms with Gasteiger partial charge < -0.3 is 9.47 Å². The molecule has 0 N–H and O–H groups in total. The van der Waals surface area contributed by atoms with Crippen LogP contribution in [0.3, 0.4) is 0 Å². The molecule has 3 rings (SSSR count). The minimum absolute atomic E-state index is 0.140. The maximum Gasteiger partial charge on any atom is 0.338 e. The number of carbonyl (C=O) groups is 2. The summed E-state index contributed by atoms with van der Waals surface area (Å²) < 4.78 is 37.0. The quantitative estimate of drug-likeness (QED) is 0.508. The van der Waals surface area contributed by atoms with Crippen molar-refractivity contribution < 1.29 is 27.5 Å². The van der Waals surface area contributed by atoms with E-state index in [1.54, 1.807) is 24.3 Å². The zero-order chi connectivity index (χ0) is 20.9. The number of nitrogens with zero attached hydrogens (tertiary/aromatic N) is 1. The van der Waals surface area contributed by atoms with Crippen LogP contribution < -0.4 is 4.74 Å². The van der Waals surface area contributed by atoms with Gasteiger partial charge in [-0.15, -0.1) is 0 Å². The number of rotatable bonds is 7. The number of Topliss-reactive ketones (excluding diaryl/α,β-unsaturated/α-hetero) is 1. The minimum Gasteiger partial charge on any atom is -0.496 e. The first-order valence-corrected chi connectivity index (χ1v) is 10.8. The molecule has 0 saturated carbocycles. The van der Waals surface area contributed by atoms with Gasteiger partial charge in [0.15, 0.2) is 6.61 Å². The molecule has 1 aliphatic heterocycles. The van der Waals surface area contributed by atoms with Crippen LogP contribution >= 0.6 is 0 Å². The van der Waals surface area contributed by atoms with Crippen LogP contribution in [-0.4, -0.2) is 51.3 Å². The van der Waals surface area contributed by atoms with Crippen LogP contribution in [0.15, 0.2) is 53.4 Å². The summed E-state index contributed by atoms with van der Waals surface area (Å²) in [7, 11) is -2.10. The maximum absolute atomic E-state index is 12.7. The van der Waals surface area contributed by atoms with Crippen molar-refractivity contribution in [2.75, 3.05) is 26.8 Å². The van der Waals surface area contributed by atoms with Gasteiger partial charge in [0.1, 0.15) is 5.75 Å². The highest BCUT2D eigenvalue weighted by molar-refractivity contribution is 7.89. The third kappa shape index (κ3) is 4.83. The van der Waals surface area contributed by atoms with Crippen molar-refractivity contribution in [1.29, 1.82) is 0 Å². The average molecular weight is 417 g/mol. The molecule has 1 aliphatic rings. The smallest absolute Gasteiger partial charge is 0.338 e. The molecular formula is C21H23NO6S. The first kappa shape index (κ1) is 21.0. The average Bonchev–Trinajstić information content (AvgIpc) is 2.77. The second kappa shape index (κ2) is 9.19. The van der Waals surface area contributed by atoms with Gasteiger partial charge in [-0.3, -0.25) is 4.79 Å². The first-order chi connectivity index (χ1) is 13.9. The number of para-hydroxylation sites is 1. The number of esters is 1. The van der Waals surface area contributed by atoms with E-state index in [9.17, 15) is 18.0 Å². The number of methoxy groups -OCH3 is 1. The molecule has 8 heteroatoms. The maximum atomic E-state index is 12.7. The van der Waals surface area contributed by atoms with Gasteiger partial charge in [-0.05, 0) is 49.2 Å². The highest BCUT2D eigenvalue weighted by Gasteiger charge is 2.26. The van der Waals surface area contributed by atoms with Gasteiger partial charge in [0, 0.05) is 13.1 Å². The summed E-state index contributed by atoms with van der Waals surface area (Å²) in [4.78, 5) is 24.7. The second-order valence-electron chi connectivity index (χ2n) is 6.69. The van der Waals surface area contributed by atoms with E-state index in [1.165, 1.54) is 35.7 Å². The molecule has 0 spiro atoms. The highest BCUT2D eigenvalue weighted by Crippen LogP contribution is 2.21. The Morgan fingerprint density at radius 1 is 0.966 bits per heavy atom. The van der Waals surface area contributed by atoms with Gasteiger partial charge in [0.25, 0.3) is 0 Å². The fourth-order valence-electron chi connectivity index (χ4n) is 3.18. The van der Waals surface area contributed by atoms with E-state index < -0.39 is 22.6 Å². The summed E-state index contributed by atoms with van der Waals surface area (Å²) in [5, 5.41) is 0. The fraction of sp³-hybridized carbons (Fsp3) is 0.333. The third-order valence-electron chi connectivity index (χ3n) is 4.78. The lowest BCUT2D eigenvalue weighted by molar-refractivity contribution is 0.0474. The van der Waals surface area contributed by atoms with E-state index in [0.717, 1.165) is 19.3 Å². The molecule has 0 aliphatic carbocycles. The topological polar surface area (TPSA) is 90.0 Å². The van der Waals surface area contributed by atoms with Gasteiger partial charge in [0.2, 0.25) is 15.8 Å². The van der Waals surface area contributed by atoms with Crippen LogP contribution in [0.2, 0.25) is 0 Å². The van der Waals surface area contributed by atoms with Crippen molar-refractivity contribution >= 4 is 21.8 Å². The Morgan fingerprint density at radius 3 is 2.28 bits per heavy atom. The zero-order valence-electron chi connectivity index (χ0n) is 16.2. The molecule has 0 radical (unpaired) electrons. The summed E-state index contributed by atoms with van der Waals surface area (Å²) in [5.74, 6) is -0.684. The number of hydrogen-bond acceptors (Lipinski definition) is 6. The number of benzene rings is 2. The highest BCUT2D eigenvalue weighted by atomic mass is 32.2. The molecule has 7 nitrogen and oxygen atoms in total. The van der Waals surface area contributed by atoms with Crippen LogP contribution in [0, 0.1) is 0 Å². The lowest BCUT2D eigenvalue weighted by Gasteiger charge is -2.25. The summed E-state index contributed by atoms with van der Waals surface area (Å²) in [6.45, 7) is 0.585. The second-order valence-corrected chi connectivity index (χ2v) is 8.63. The molecule has 0 unspecified atom stereocenters. The molecule has 29 heavy (non-hydrogen) atoms. The molecule has 1 fully saturated rings. The van der Waals surface area contributed by atoms with E-state index in [-0.39, 0.29) is 16.2 Å². The SMILES string of the molecule is COc1ccccc1C(=O)COC(=O)c1ccc(S(=O)(=O)N2CCCCC2)cc1. The first-order valence-electron chi connectivity index (χ1n) is 9.37. The van der Waals surface area contributed by atoms with Gasteiger partial charge in [-0.2, -0.15) is 4.31 Å². The van der Waals surface area contributed by atoms with Crippen molar-refractivity contribution in [3.05, 3.63) is 59.7 Å². The number of ether oxygens (including phenoxy) is 2. The molecule has 1 heterocycles. The Balaban J connectivity index is 1.64.